The average molecular weight is 505 g/mol. The largest absolute Gasteiger partial charge is 0.489 e. The molecule has 0 bridgehead atoms. The SMILES string of the molecule is CN=C(NCc1cc(C(=O)OC)c(C)o1)NCC(C)Oc1ccc(F)cc1.I. The number of nitrogens with one attached hydrogen (secondary N) is 2. The molecule has 0 saturated heterocycles. The molecule has 1 heterocycles. The van der Waals surface area contributed by atoms with Gasteiger partial charge in [0.1, 0.15) is 34.8 Å². The Labute approximate surface area is 180 Å². The van der Waals surface area contributed by atoms with Gasteiger partial charge in [0.2, 0.25) is 0 Å². The molecule has 2 rings (SSSR count). The molecule has 0 aliphatic rings. The number of nitrogens with zero attached hydrogens (tertiary/aromatic N) is 1. The van der Waals surface area contributed by atoms with Crippen LogP contribution in [-0.4, -0.2) is 38.7 Å². The zero-order chi connectivity index (χ0) is 19.8. The zero-order valence-corrected chi connectivity index (χ0v) is 18.6. The molecule has 28 heavy (non-hydrogen) atoms. The van der Waals surface area contributed by atoms with Gasteiger partial charge in [0.25, 0.3) is 0 Å². The van der Waals surface area contributed by atoms with E-state index in [1.807, 2.05) is 6.92 Å². The van der Waals surface area contributed by atoms with E-state index in [-0.39, 0.29) is 35.9 Å². The number of methoxy groups -OCH3 is 1. The van der Waals surface area contributed by atoms with Crippen molar-refractivity contribution in [3.63, 3.8) is 0 Å². The van der Waals surface area contributed by atoms with Gasteiger partial charge in [-0.3, -0.25) is 4.99 Å². The van der Waals surface area contributed by atoms with Crippen molar-refractivity contribution in [1.82, 2.24) is 10.6 Å². The molecule has 0 saturated carbocycles. The van der Waals surface area contributed by atoms with Crippen molar-refractivity contribution >= 4 is 35.9 Å². The molecule has 1 aromatic carbocycles. The van der Waals surface area contributed by atoms with Crippen LogP contribution in [0.2, 0.25) is 0 Å². The Hall–Kier alpha value is -2.30. The third-order valence-corrected chi connectivity index (χ3v) is 3.74. The summed E-state index contributed by atoms with van der Waals surface area (Å²) in [5.74, 6) is 1.50. The van der Waals surface area contributed by atoms with Crippen LogP contribution in [0, 0.1) is 12.7 Å². The lowest BCUT2D eigenvalue weighted by molar-refractivity contribution is 0.0599. The fraction of sp³-hybridized carbons (Fsp3) is 0.368. The number of benzene rings is 1. The molecule has 2 aromatic rings. The Morgan fingerprint density at radius 1 is 1.29 bits per heavy atom. The number of aryl methyl sites for hydroxylation is 1. The number of carbonyl (C=O) groups excluding carboxylic acids is 1. The molecule has 0 fully saturated rings. The number of ether oxygens (including phenoxy) is 2. The fourth-order valence-electron chi connectivity index (χ4n) is 2.36. The van der Waals surface area contributed by atoms with Crippen LogP contribution in [0.3, 0.4) is 0 Å². The molecule has 2 N–H and O–H groups in total. The Morgan fingerprint density at radius 3 is 2.57 bits per heavy atom. The standard InChI is InChI=1S/C19H24FN3O4.HI/c1-12(26-15-7-5-14(20)6-8-15)10-22-19(21-3)23-11-16-9-17(13(2)27-16)18(24)25-4;/h5-9,12H,10-11H2,1-4H3,(H2,21,22,23);1H. The maximum absolute atomic E-state index is 12.9. The van der Waals surface area contributed by atoms with Crippen LogP contribution >= 0.6 is 24.0 Å². The van der Waals surface area contributed by atoms with E-state index in [1.165, 1.54) is 19.2 Å². The number of guanidine groups is 1. The number of carbonyl (C=O) groups is 1. The molecule has 1 unspecified atom stereocenters. The highest BCUT2D eigenvalue weighted by Gasteiger charge is 2.15. The van der Waals surface area contributed by atoms with Crippen LogP contribution in [-0.2, 0) is 11.3 Å². The molecule has 0 aliphatic carbocycles. The summed E-state index contributed by atoms with van der Waals surface area (Å²) in [5.41, 5.74) is 0.401. The van der Waals surface area contributed by atoms with Crippen molar-refractivity contribution in [2.75, 3.05) is 20.7 Å². The van der Waals surface area contributed by atoms with Crippen LogP contribution in [0.4, 0.5) is 4.39 Å². The molecule has 0 spiro atoms. The number of halogens is 2. The summed E-state index contributed by atoms with van der Waals surface area (Å²) in [6.07, 6.45) is -0.161. The maximum atomic E-state index is 12.9. The van der Waals surface area contributed by atoms with Crippen molar-refractivity contribution in [3.05, 3.63) is 53.2 Å². The molecule has 0 aliphatic heterocycles. The van der Waals surface area contributed by atoms with Gasteiger partial charge in [-0.25, -0.2) is 9.18 Å². The van der Waals surface area contributed by atoms with Gasteiger partial charge in [-0.1, -0.05) is 0 Å². The van der Waals surface area contributed by atoms with Crippen molar-refractivity contribution in [2.45, 2.75) is 26.5 Å². The van der Waals surface area contributed by atoms with Gasteiger partial charge in [-0.05, 0) is 44.2 Å². The molecular weight excluding hydrogens is 480 g/mol. The predicted molar refractivity (Wildman–Crippen MR) is 115 cm³/mol. The number of hydrogen-bond donors (Lipinski definition) is 2. The molecule has 1 atom stereocenters. The van der Waals surface area contributed by atoms with Crippen LogP contribution in [0.1, 0.15) is 28.8 Å². The number of rotatable bonds is 7. The molecule has 154 valence electrons. The summed E-state index contributed by atoms with van der Waals surface area (Å²) in [7, 11) is 2.97. The predicted octanol–water partition coefficient (Wildman–Crippen LogP) is 3.26. The average Bonchev–Trinajstić information content (AvgIpc) is 3.03. The highest BCUT2D eigenvalue weighted by atomic mass is 127. The minimum Gasteiger partial charge on any atom is -0.489 e. The summed E-state index contributed by atoms with van der Waals surface area (Å²) < 4.78 is 28.9. The second kappa shape index (κ2) is 11.5. The lowest BCUT2D eigenvalue weighted by Crippen LogP contribution is -2.41. The third kappa shape index (κ3) is 7.02. The summed E-state index contributed by atoms with van der Waals surface area (Å²) in [4.78, 5) is 15.7. The van der Waals surface area contributed by atoms with Gasteiger partial charge in [-0.15, -0.1) is 24.0 Å². The van der Waals surface area contributed by atoms with Crippen molar-refractivity contribution in [3.8, 4) is 5.75 Å². The van der Waals surface area contributed by atoms with Crippen LogP contribution in [0.15, 0.2) is 39.7 Å². The monoisotopic (exact) mass is 505 g/mol. The minimum atomic E-state index is -0.434. The van der Waals surface area contributed by atoms with E-state index in [0.29, 0.717) is 41.9 Å². The van der Waals surface area contributed by atoms with Crippen LogP contribution in [0.5, 0.6) is 5.75 Å². The van der Waals surface area contributed by atoms with Crippen LogP contribution in [0.25, 0.3) is 0 Å². The number of aliphatic imine (C=N–C) groups is 1. The highest BCUT2D eigenvalue weighted by Crippen LogP contribution is 2.15. The second-order valence-corrected chi connectivity index (χ2v) is 5.86. The van der Waals surface area contributed by atoms with E-state index in [2.05, 4.69) is 15.6 Å². The lowest BCUT2D eigenvalue weighted by atomic mass is 10.2. The highest BCUT2D eigenvalue weighted by molar-refractivity contribution is 14.0. The number of furan rings is 1. The molecular formula is C19H25FIN3O4. The number of esters is 1. The quantitative estimate of drug-likeness (QED) is 0.260. The molecule has 0 radical (unpaired) electrons. The van der Waals surface area contributed by atoms with Crippen LogP contribution < -0.4 is 15.4 Å². The van der Waals surface area contributed by atoms with Gasteiger partial charge in [0.05, 0.1) is 20.2 Å². The molecule has 9 heteroatoms. The minimum absolute atomic E-state index is 0. The van der Waals surface area contributed by atoms with E-state index in [0.717, 1.165) is 0 Å². The second-order valence-electron chi connectivity index (χ2n) is 5.86. The van der Waals surface area contributed by atoms with E-state index in [1.54, 1.807) is 32.2 Å². The van der Waals surface area contributed by atoms with Gasteiger partial charge in [-0.2, -0.15) is 0 Å². The van der Waals surface area contributed by atoms with E-state index in [9.17, 15) is 9.18 Å². The summed E-state index contributed by atoms with van der Waals surface area (Å²) in [5, 5.41) is 6.23. The Bertz CT molecular complexity index is 793. The summed E-state index contributed by atoms with van der Waals surface area (Å²) in [6.45, 7) is 4.44. The van der Waals surface area contributed by atoms with Gasteiger partial charge in [0, 0.05) is 7.05 Å². The maximum Gasteiger partial charge on any atom is 0.341 e. The van der Waals surface area contributed by atoms with Gasteiger partial charge >= 0.3 is 5.97 Å². The first-order chi connectivity index (χ1) is 12.9. The first-order valence-electron chi connectivity index (χ1n) is 8.47. The topological polar surface area (TPSA) is 85.1 Å². The Morgan fingerprint density at radius 2 is 1.96 bits per heavy atom. The van der Waals surface area contributed by atoms with Gasteiger partial charge < -0.3 is 24.5 Å². The first kappa shape index (κ1) is 23.7. The Balaban J connectivity index is 0.00000392. The zero-order valence-electron chi connectivity index (χ0n) is 16.2. The fourth-order valence-corrected chi connectivity index (χ4v) is 2.36. The van der Waals surface area contributed by atoms with Crippen molar-refractivity contribution in [2.24, 2.45) is 4.99 Å². The van der Waals surface area contributed by atoms with E-state index < -0.39 is 5.97 Å². The summed E-state index contributed by atoms with van der Waals surface area (Å²) >= 11 is 0. The van der Waals surface area contributed by atoms with Crippen molar-refractivity contribution in [1.29, 1.82) is 0 Å². The lowest BCUT2D eigenvalue weighted by Gasteiger charge is -2.17. The van der Waals surface area contributed by atoms with E-state index >= 15 is 0 Å². The Kier molecular flexibility index (Phi) is 9.77. The van der Waals surface area contributed by atoms with Gasteiger partial charge in [0.15, 0.2) is 5.96 Å². The normalized spacial score (nSPS) is 12.0. The smallest absolute Gasteiger partial charge is 0.341 e. The van der Waals surface area contributed by atoms with Crippen molar-refractivity contribution < 1.29 is 23.1 Å². The molecule has 0 amide bonds. The first-order valence-corrected chi connectivity index (χ1v) is 8.47. The number of hydrogen-bond acceptors (Lipinski definition) is 5. The van der Waals surface area contributed by atoms with E-state index in [4.69, 9.17) is 13.9 Å². The molecule has 1 aromatic heterocycles. The summed E-state index contributed by atoms with van der Waals surface area (Å²) in [6, 6.07) is 7.50. The molecule has 7 nitrogen and oxygen atoms in total. The third-order valence-electron chi connectivity index (χ3n) is 3.74.